The van der Waals surface area contributed by atoms with Crippen molar-refractivity contribution in [3.05, 3.63) is 51.2 Å². The number of carbonyl (C=O) groups excluding carboxylic acids is 2. The number of thiophene rings is 1. The van der Waals surface area contributed by atoms with Crippen LogP contribution in [0.1, 0.15) is 15.2 Å². The number of hydrogen-bond donors (Lipinski definition) is 2. The highest BCUT2D eigenvalue weighted by Crippen LogP contribution is 2.22. The first kappa shape index (κ1) is 17.7. The van der Waals surface area contributed by atoms with Crippen LogP contribution in [0.2, 0.25) is 5.02 Å². The molecule has 0 spiro atoms. The van der Waals surface area contributed by atoms with Crippen molar-refractivity contribution in [3.63, 3.8) is 0 Å². The predicted molar refractivity (Wildman–Crippen MR) is 94.1 cm³/mol. The molecule has 1 aromatic carbocycles. The highest BCUT2D eigenvalue weighted by molar-refractivity contribution is 7.99. The first-order chi connectivity index (χ1) is 11.1. The molecular weight excluding hydrogens is 356 g/mol. The number of halogens is 1. The van der Waals surface area contributed by atoms with Gasteiger partial charge in [-0.2, -0.15) is 0 Å². The number of hydrazine groups is 1. The molecule has 122 valence electrons. The summed E-state index contributed by atoms with van der Waals surface area (Å²) in [4.78, 5) is 25.0. The Hall–Kier alpha value is -1.70. The van der Waals surface area contributed by atoms with Crippen molar-refractivity contribution in [2.24, 2.45) is 0 Å². The zero-order valence-electron chi connectivity index (χ0n) is 12.3. The number of amides is 2. The van der Waals surface area contributed by atoms with Gasteiger partial charge in [-0.15, -0.1) is 23.1 Å². The average molecular weight is 371 g/mol. The van der Waals surface area contributed by atoms with E-state index in [4.69, 9.17) is 16.3 Å². The molecule has 2 N–H and O–H groups in total. The second-order valence-corrected chi connectivity index (χ2v) is 6.87. The second kappa shape index (κ2) is 8.81. The lowest BCUT2D eigenvalue weighted by Crippen LogP contribution is -2.42. The molecule has 0 aliphatic heterocycles. The number of rotatable bonds is 6. The average Bonchev–Trinajstić information content (AvgIpc) is 3.06. The summed E-state index contributed by atoms with van der Waals surface area (Å²) in [5.74, 6) is 0.640. The second-order valence-electron chi connectivity index (χ2n) is 4.42. The van der Waals surface area contributed by atoms with Gasteiger partial charge in [0.05, 0.1) is 18.4 Å². The van der Waals surface area contributed by atoms with Crippen molar-refractivity contribution in [2.75, 3.05) is 12.9 Å². The standard InChI is InChI=1S/C15H15ClN2O3S2/c1-21-13-5-4-10(16)7-12(13)15(20)18-17-14(19)9-22-8-11-3-2-6-23-11/h2-7H,8-9H2,1H3,(H,17,19)(H,18,20). The van der Waals surface area contributed by atoms with Gasteiger partial charge in [0.25, 0.3) is 5.91 Å². The Kier molecular flexibility index (Phi) is 6.76. The third-order valence-corrected chi connectivity index (χ3v) is 5.05. The van der Waals surface area contributed by atoms with E-state index < -0.39 is 5.91 Å². The van der Waals surface area contributed by atoms with Crippen LogP contribution in [-0.2, 0) is 10.5 Å². The quantitative estimate of drug-likeness (QED) is 0.767. The number of thioether (sulfide) groups is 1. The number of methoxy groups -OCH3 is 1. The van der Waals surface area contributed by atoms with Gasteiger partial charge >= 0.3 is 0 Å². The molecule has 23 heavy (non-hydrogen) atoms. The molecule has 5 nitrogen and oxygen atoms in total. The summed E-state index contributed by atoms with van der Waals surface area (Å²) in [5, 5.41) is 2.41. The van der Waals surface area contributed by atoms with Gasteiger partial charge in [-0.05, 0) is 29.6 Å². The molecule has 1 aromatic heterocycles. The van der Waals surface area contributed by atoms with E-state index >= 15 is 0 Å². The van der Waals surface area contributed by atoms with Gasteiger partial charge in [0.1, 0.15) is 5.75 Å². The molecule has 0 aliphatic carbocycles. The first-order valence-corrected chi connectivity index (χ1v) is 9.04. The number of hydrogen-bond acceptors (Lipinski definition) is 5. The first-order valence-electron chi connectivity index (χ1n) is 6.63. The normalized spacial score (nSPS) is 10.2. The van der Waals surface area contributed by atoms with Crippen LogP contribution in [0.15, 0.2) is 35.7 Å². The highest BCUT2D eigenvalue weighted by Gasteiger charge is 2.13. The summed E-state index contributed by atoms with van der Waals surface area (Å²) >= 11 is 9.00. The van der Waals surface area contributed by atoms with Crippen molar-refractivity contribution < 1.29 is 14.3 Å². The summed E-state index contributed by atoms with van der Waals surface area (Å²) in [7, 11) is 1.46. The molecule has 0 atom stereocenters. The third kappa shape index (κ3) is 5.46. The topological polar surface area (TPSA) is 67.4 Å². The van der Waals surface area contributed by atoms with E-state index in [1.54, 1.807) is 23.5 Å². The smallest absolute Gasteiger partial charge is 0.273 e. The van der Waals surface area contributed by atoms with E-state index in [9.17, 15) is 9.59 Å². The summed E-state index contributed by atoms with van der Waals surface area (Å²) in [6.45, 7) is 0. The molecule has 0 aliphatic rings. The maximum Gasteiger partial charge on any atom is 0.273 e. The summed E-state index contributed by atoms with van der Waals surface area (Å²) in [5.41, 5.74) is 4.99. The fourth-order valence-electron chi connectivity index (χ4n) is 1.73. The fourth-order valence-corrected chi connectivity index (χ4v) is 3.57. The van der Waals surface area contributed by atoms with Gasteiger partial charge in [-0.25, -0.2) is 0 Å². The maximum absolute atomic E-state index is 12.1. The van der Waals surface area contributed by atoms with Crippen LogP contribution in [0.5, 0.6) is 5.75 Å². The van der Waals surface area contributed by atoms with E-state index in [2.05, 4.69) is 10.9 Å². The monoisotopic (exact) mass is 370 g/mol. The summed E-state index contributed by atoms with van der Waals surface area (Å²) < 4.78 is 5.10. The van der Waals surface area contributed by atoms with Crippen LogP contribution in [-0.4, -0.2) is 24.7 Å². The van der Waals surface area contributed by atoms with Gasteiger partial charge in [-0.1, -0.05) is 17.7 Å². The minimum Gasteiger partial charge on any atom is -0.496 e. The van der Waals surface area contributed by atoms with E-state index in [0.717, 1.165) is 5.75 Å². The van der Waals surface area contributed by atoms with Crippen molar-refractivity contribution >= 4 is 46.5 Å². The van der Waals surface area contributed by atoms with Crippen LogP contribution >= 0.6 is 34.7 Å². The van der Waals surface area contributed by atoms with Crippen molar-refractivity contribution in [2.45, 2.75) is 5.75 Å². The molecule has 2 aromatic rings. The number of benzene rings is 1. The fraction of sp³-hybridized carbons (Fsp3) is 0.200. The molecule has 0 saturated heterocycles. The van der Waals surface area contributed by atoms with Gasteiger partial charge in [0.2, 0.25) is 5.91 Å². The van der Waals surface area contributed by atoms with Gasteiger partial charge in [0.15, 0.2) is 0 Å². The third-order valence-electron chi connectivity index (χ3n) is 2.78. The Morgan fingerprint density at radius 2 is 2.13 bits per heavy atom. The Bertz CT molecular complexity index is 677. The van der Waals surface area contributed by atoms with Crippen LogP contribution in [0.3, 0.4) is 0 Å². The Balaban J connectivity index is 1.79. The molecule has 2 amide bonds. The van der Waals surface area contributed by atoms with Crippen molar-refractivity contribution in [3.8, 4) is 5.75 Å². The molecule has 8 heteroatoms. The van der Waals surface area contributed by atoms with Gasteiger partial charge in [0, 0.05) is 15.7 Å². The minimum absolute atomic E-state index is 0.255. The Morgan fingerprint density at radius 1 is 1.30 bits per heavy atom. The van der Waals surface area contributed by atoms with Gasteiger partial charge < -0.3 is 4.74 Å². The number of ether oxygens (including phenoxy) is 1. The molecule has 0 saturated carbocycles. The highest BCUT2D eigenvalue weighted by atomic mass is 35.5. The van der Waals surface area contributed by atoms with Crippen molar-refractivity contribution in [1.82, 2.24) is 10.9 Å². The number of nitrogens with one attached hydrogen (secondary N) is 2. The van der Waals surface area contributed by atoms with E-state index in [1.807, 2.05) is 17.5 Å². The van der Waals surface area contributed by atoms with Crippen LogP contribution < -0.4 is 15.6 Å². The van der Waals surface area contributed by atoms with E-state index in [0.29, 0.717) is 10.8 Å². The number of carbonyl (C=O) groups is 2. The van der Waals surface area contributed by atoms with Gasteiger partial charge in [-0.3, -0.25) is 20.4 Å². The lowest BCUT2D eigenvalue weighted by Gasteiger charge is -2.10. The molecule has 1 heterocycles. The van der Waals surface area contributed by atoms with Crippen LogP contribution in [0, 0.1) is 0 Å². The molecule has 2 rings (SSSR count). The summed E-state index contributed by atoms with van der Waals surface area (Å²) in [6.07, 6.45) is 0. The Morgan fingerprint density at radius 3 is 2.83 bits per heavy atom. The lowest BCUT2D eigenvalue weighted by atomic mass is 10.2. The Labute approximate surface area is 147 Å². The molecule has 0 unspecified atom stereocenters. The van der Waals surface area contributed by atoms with Crippen molar-refractivity contribution in [1.29, 1.82) is 0 Å². The molecule has 0 radical (unpaired) electrons. The zero-order chi connectivity index (χ0) is 16.7. The van der Waals surface area contributed by atoms with Crippen LogP contribution in [0.25, 0.3) is 0 Å². The zero-order valence-corrected chi connectivity index (χ0v) is 14.7. The van der Waals surface area contributed by atoms with E-state index in [1.165, 1.54) is 29.8 Å². The largest absolute Gasteiger partial charge is 0.496 e. The molecule has 0 bridgehead atoms. The van der Waals surface area contributed by atoms with Crippen LogP contribution in [0.4, 0.5) is 0 Å². The molecular formula is C15H15ClN2O3S2. The summed E-state index contributed by atoms with van der Waals surface area (Å²) in [6, 6.07) is 8.68. The lowest BCUT2D eigenvalue weighted by molar-refractivity contribution is -0.119. The molecule has 0 fully saturated rings. The predicted octanol–water partition coefficient (Wildman–Crippen LogP) is 3.10. The van der Waals surface area contributed by atoms with E-state index in [-0.39, 0.29) is 17.2 Å². The SMILES string of the molecule is COc1ccc(Cl)cc1C(=O)NNC(=O)CSCc1cccs1. The minimum atomic E-state index is -0.485. The maximum atomic E-state index is 12.1.